The van der Waals surface area contributed by atoms with Crippen LogP contribution in [0.3, 0.4) is 0 Å². The van der Waals surface area contributed by atoms with Crippen molar-refractivity contribution in [2.75, 3.05) is 18.0 Å². The van der Waals surface area contributed by atoms with Crippen molar-refractivity contribution in [3.63, 3.8) is 0 Å². The van der Waals surface area contributed by atoms with Gasteiger partial charge in [-0.05, 0) is 48.2 Å². The number of pyridine rings is 1. The van der Waals surface area contributed by atoms with Crippen LogP contribution in [0.25, 0.3) is 27.6 Å². The van der Waals surface area contributed by atoms with Crippen LogP contribution in [-0.2, 0) is 9.59 Å². The molecule has 0 radical (unpaired) electrons. The van der Waals surface area contributed by atoms with Crippen LogP contribution in [0, 0.1) is 23.0 Å². The van der Waals surface area contributed by atoms with Gasteiger partial charge in [-0.1, -0.05) is 6.07 Å². The third-order valence-corrected chi connectivity index (χ3v) is 6.51. The van der Waals surface area contributed by atoms with Crippen LogP contribution in [-0.4, -0.2) is 40.8 Å². The van der Waals surface area contributed by atoms with Crippen molar-refractivity contribution in [2.24, 2.45) is 5.73 Å². The highest BCUT2D eigenvalue weighted by Gasteiger charge is 2.30. The van der Waals surface area contributed by atoms with Crippen LogP contribution < -0.4 is 10.6 Å². The summed E-state index contributed by atoms with van der Waals surface area (Å²) >= 11 is 0. The number of fused-ring (bicyclic) bond motifs is 1. The van der Waals surface area contributed by atoms with Crippen molar-refractivity contribution in [3.05, 3.63) is 77.2 Å². The molecule has 0 bridgehead atoms. The van der Waals surface area contributed by atoms with Crippen molar-refractivity contribution in [1.29, 1.82) is 5.26 Å². The van der Waals surface area contributed by atoms with E-state index in [1.807, 2.05) is 0 Å². The predicted octanol–water partition coefficient (Wildman–Crippen LogP) is 3.98. The molecule has 0 spiro atoms. The minimum absolute atomic E-state index is 0.0370. The lowest BCUT2D eigenvalue weighted by Crippen LogP contribution is -2.40. The zero-order chi connectivity index (χ0) is 25.6. The summed E-state index contributed by atoms with van der Waals surface area (Å²) in [4.78, 5) is 31.6. The van der Waals surface area contributed by atoms with Gasteiger partial charge in [0.15, 0.2) is 5.76 Å². The molecule has 1 aromatic heterocycles. The van der Waals surface area contributed by atoms with Crippen LogP contribution in [0.2, 0.25) is 0 Å². The number of benzene rings is 2. The fourth-order valence-corrected chi connectivity index (χ4v) is 4.68. The van der Waals surface area contributed by atoms with Crippen molar-refractivity contribution in [1.82, 2.24) is 4.98 Å². The van der Waals surface area contributed by atoms with E-state index < -0.39 is 34.5 Å². The molecule has 3 N–H and O–H groups in total. The van der Waals surface area contributed by atoms with Crippen LogP contribution in [0.4, 0.5) is 14.5 Å². The molecule has 0 amide bonds. The highest BCUT2D eigenvalue weighted by molar-refractivity contribution is 6.38. The molecule has 0 saturated carbocycles. The molecule has 0 unspecified atom stereocenters. The fraction of sp³-hybridized carbons (Fsp3) is 0.185. The van der Waals surface area contributed by atoms with E-state index in [0.29, 0.717) is 59.2 Å². The first-order chi connectivity index (χ1) is 17.3. The highest BCUT2D eigenvalue weighted by atomic mass is 19.1. The Labute approximate surface area is 204 Å². The average Bonchev–Trinajstić information content (AvgIpc) is 2.85. The summed E-state index contributed by atoms with van der Waals surface area (Å²) < 4.78 is 28.2. The average molecular weight is 486 g/mol. The van der Waals surface area contributed by atoms with Gasteiger partial charge in [-0.25, -0.2) is 8.78 Å². The number of hydrogen-bond acceptors (Lipinski definition) is 7. The van der Waals surface area contributed by atoms with Gasteiger partial charge >= 0.3 is 0 Å². The number of allylic oxidation sites excluding steroid dienone is 3. The molecular weight excluding hydrogens is 466 g/mol. The number of ketones is 2. The first-order valence-corrected chi connectivity index (χ1v) is 11.3. The van der Waals surface area contributed by atoms with E-state index in [4.69, 9.17) is 5.73 Å². The number of Topliss-reactive ketones (excluding diaryl/α,β-unsaturated/α-hetero) is 1. The summed E-state index contributed by atoms with van der Waals surface area (Å²) in [6.07, 6.45) is 3.99. The number of carbonyl (C=O) groups excluding carboxylic acids is 2. The predicted molar refractivity (Wildman–Crippen MR) is 130 cm³/mol. The van der Waals surface area contributed by atoms with Gasteiger partial charge in [-0.15, -0.1) is 0 Å². The molecule has 9 heteroatoms. The number of nitriles is 1. The third kappa shape index (κ3) is 4.01. The van der Waals surface area contributed by atoms with E-state index >= 15 is 0 Å². The minimum atomic E-state index is -0.880. The van der Waals surface area contributed by atoms with Crippen LogP contribution in [0.15, 0.2) is 60.0 Å². The number of nitrogens with zero attached hydrogens (tertiary/aromatic N) is 3. The molecule has 180 valence electrons. The normalized spacial score (nSPS) is 16.9. The maximum atomic E-state index is 14.1. The summed E-state index contributed by atoms with van der Waals surface area (Å²) in [5.41, 5.74) is 7.84. The number of aromatic nitrogens is 1. The van der Waals surface area contributed by atoms with Crippen LogP contribution in [0.5, 0.6) is 0 Å². The Balaban J connectivity index is 1.73. The Morgan fingerprint density at radius 3 is 2.42 bits per heavy atom. The van der Waals surface area contributed by atoms with Crippen molar-refractivity contribution in [3.8, 4) is 17.2 Å². The van der Waals surface area contributed by atoms with Crippen molar-refractivity contribution in [2.45, 2.75) is 18.9 Å². The largest absolute Gasteiger partial charge is 0.503 e. The number of aliphatic hydroxyl groups is 1. The van der Waals surface area contributed by atoms with Gasteiger partial charge < -0.3 is 15.7 Å². The second-order valence-electron chi connectivity index (χ2n) is 8.82. The lowest BCUT2D eigenvalue weighted by Gasteiger charge is -2.34. The molecule has 1 saturated heterocycles. The van der Waals surface area contributed by atoms with Gasteiger partial charge in [0.25, 0.3) is 0 Å². The number of hydrogen-bond donors (Lipinski definition) is 2. The van der Waals surface area contributed by atoms with Crippen molar-refractivity contribution >= 4 is 33.7 Å². The molecule has 2 aliphatic rings. The highest BCUT2D eigenvalue weighted by Crippen LogP contribution is 2.39. The summed E-state index contributed by atoms with van der Waals surface area (Å²) in [6.45, 7) is 1.20. The van der Waals surface area contributed by atoms with Gasteiger partial charge in [0.05, 0.1) is 11.2 Å². The quantitative estimate of drug-likeness (QED) is 0.537. The van der Waals surface area contributed by atoms with Gasteiger partial charge in [0, 0.05) is 54.0 Å². The Kier molecular flexibility index (Phi) is 5.82. The molecule has 0 atom stereocenters. The smallest absolute Gasteiger partial charge is 0.222 e. The number of carbonyl (C=O) groups is 2. The third-order valence-electron chi connectivity index (χ3n) is 6.51. The Morgan fingerprint density at radius 2 is 1.75 bits per heavy atom. The molecule has 1 aliphatic carbocycles. The molecule has 2 aromatic carbocycles. The standard InChI is InChI=1S/C27H20F2N4O3/c28-16-7-15(8-17(29)10-16)22-13-32-23-2-1-14(19-11-24(34)27(36)21(12-30)26(19)35)9-20(23)25(22)33-5-3-18(31)4-6-33/h1-2,7-11,13,18,36H,3-6,31H2. The number of piperidine rings is 1. The van der Waals surface area contributed by atoms with E-state index in [-0.39, 0.29) is 11.6 Å². The Morgan fingerprint density at radius 1 is 1.06 bits per heavy atom. The Hall–Kier alpha value is -4.42. The molecular formula is C27H20F2N4O3. The SMILES string of the molecule is N#CC1=C(O)C(=O)C=C(c2ccc3ncc(-c4cc(F)cc(F)c4)c(N4CCC(N)CC4)c3c2)C1=O. The fourth-order valence-electron chi connectivity index (χ4n) is 4.68. The number of nitrogens with two attached hydrogens (primary N) is 1. The number of rotatable bonds is 3. The molecule has 1 fully saturated rings. The second-order valence-corrected chi connectivity index (χ2v) is 8.82. The van der Waals surface area contributed by atoms with E-state index in [0.717, 1.165) is 12.1 Å². The topological polar surface area (TPSA) is 120 Å². The zero-order valence-corrected chi connectivity index (χ0v) is 19.0. The summed E-state index contributed by atoms with van der Waals surface area (Å²) in [6, 6.07) is 9.82. The molecule has 5 rings (SSSR count). The maximum absolute atomic E-state index is 14.1. The monoisotopic (exact) mass is 486 g/mol. The van der Waals surface area contributed by atoms with Gasteiger partial charge in [0.1, 0.15) is 23.3 Å². The summed E-state index contributed by atoms with van der Waals surface area (Å²) in [7, 11) is 0. The molecule has 7 nitrogen and oxygen atoms in total. The number of aliphatic hydroxyl groups excluding tert-OH is 1. The Bertz CT molecular complexity index is 1530. The number of halogens is 2. The maximum Gasteiger partial charge on any atom is 0.222 e. The summed E-state index contributed by atoms with van der Waals surface area (Å²) in [5.74, 6) is -3.94. The van der Waals surface area contributed by atoms with E-state index in [2.05, 4.69) is 9.88 Å². The van der Waals surface area contributed by atoms with Crippen LogP contribution >= 0.6 is 0 Å². The van der Waals surface area contributed by atoms with E-state index in [1.54, 1.807) is 30.5 Å². The van der Waals surface area contributed by atoms with Gasteiger partial charge in [-0.2, -0.15) is 5.26 Å². The van der Waals surface area contributed by atoms with Crippen LogP contribution in [0.1, 0.15) is 18.4 Å². The lowest BCUT2D eigenvalue weighted by molar-refractivity contribution is -0.116. The summed E-state index contributed by atoms with van der Waals surface area (Å²) in [5, 5.41) is 19.7. The molecule has 2 heterocycles. The lowest BCUT2D eigenvalue weighted by atomic mass is 9.89. The van der Waals surface area contributed by atoms with E-state index in [9.17, 15) is 28.7 Å². The molecule has 36 heavy (non-hydrogen) atoms. The number of anilines is 1. The first-order valence-electron chi connectivity index (χ1n) is 11.3. The molecule has 3 aromatic rings. The van der Waals surface area contributed by atoms with Crippen molar-refractivity contribution < 1.29 is 23.5 Å². The second kappa shape index (κ2) is 8.98. The van der Waals surface area contributed by atoms with Gasteiger partial charge in [0.2, 0.25) is 11.6 Å². The van der Waals surface area contributed by atoms with Gasteiger partial charge in [-0.3, -0.25) is 14.6 Å². The zero-order valence-electron chi connectivity index (χ0n) is 19.0. The minimum Gasteiger partial charge on any atom is -0.503 e. The molecule has 1 aliphatic heterocycles. The first kappa shape index (κ1) is 23.3. The van der Waals surface area contributed by atoms with E-state index in [1.165, 1.54) is 12.1 Å².